The van der Waals surface area contributed by atoms with Gasteiger partial charge in [0.15, 0.2) is 0 Å². The van der Waals surface area contributed by atoms with Crippen LogP contribution in [0.5, 0.6) is 0 Å². The molecule has 0 aliphatic carbocycles. The number of rotatable bonds is 5. The molecule has 1 rings (SSSR count). The summed E-state index contributed by atoms with van der Waals surface area (Å²) in [4.78, 5) is 11.4. The molecule has 0 heterocycles. The number of carbonyl (C=O) groups excluding carboxylic acids is 1. The van der Waals surface area contributed by atoms with Crippen molar-refractivity contribution < 1.29 is 18.0 Å². The molecule has 0 spiro atoms. The summed E-state index contributed by atoms with van der Waals surface area (Å²) in [7, 11) is 0. The van der Waals surface area contributed by atoms with Crippen LogP contribution in [0.25, 0.3) is 0 Å². The highest BCUT2D eigenvalue weighted by atomic mass is 19.4. The number of hydrogen-bond donors (Lipinski definition) is 2. The molecule has 0 saturated carbocycles. The zero-order valence-corrected chi connectivity index (χ0v) is 9.70. The molecular weight excluding hydrogens is 245 g/mol. The Morgan fingerprint density at radius 3 is 2.39 bits per heavy atom. The predicted octanol–water partition coefficient (Wildman–Crippen LogP) is 2.15. The minimum Gasteiger partial charge on any atom is -0.348 e. The van der Waals surface area contributed by atoms with E-state index in [4.69, 9.17) is 5.73 Å². The molecule has 6 heteroatoms. The highest BCUT2D eigenvalue weighted by Gasteiger charge is 2.28. The molecule has 0 aliphatic rings. The smallest absolute Gasteiger partial charge is 0.348 e. The van der Waals surface area contributed by atoms with Crippen LogP contribution in [-0.4, -0.2) is 18.6 Å². The van der Waals surface area contributed by atoms with Gasteiger partial charge in [-0.2, -0.15) is 13.2 Å². The molecule has 1 unspecified atom stereocenters. The van der Waals surface area contributed by atoms with Crippen LogP contribution in [0.1, 0.15) is 24.4 Å². The molecule has 0 radical (unpaired) electrons. The lowest BCUT2D eigenvalue weighted by molar-refractivity contribution is -0.144. The molecular formula is C12H15F3N2O. The molecule has 1 aromatic carbocycles. The first-order valence-corrected chi connectivity index (χ1v) is 5.53. The molecule has 1 amide bonds. The first-order chi connectivity index (χ1) is 8.42. The summed E-state index contributed by atoms with van der Waals surface area (Å²) in [6, 6.07) is 8.44. The minimum absolute atomic E-state index is 0.141. The van der Waals surface area contributed by atoms with Crippen LogP contribution < -0.4 is 11.1 Å². The van der Waals surface area contributed by atoms with Gasteiger partial charge >= 0.3 is 6.18 Å². The first kappa shape index (κ1) is 14.5. The Bertz CT molecular complexity index is 379. The average Bonchev–Trinajstić information content (AvgIpc) is 2.33. The highest BCUT2D eigenvalue weighted by Crippen LogP contribution is 2.21. The van der Waals surface area contributed by atoms with E-state index in [2.05, 4.69) is 5.32 Å². The average molecular weight is 260 g/mol. The van der Waals surface area contributed by atoms with Crippen LogP contribution in [0.3, 0.4) is 0 Å². The summed E-state index contributed by atoms with van der Waals surface area (Å²) in [5.41, 5.74) is 6.28. The number of amides is 1. The third kappa shape index (κ3) is 5.18. The summed E-state index contributed by atoms with van der Waals surface area (Å²) >= 11 is 0. The zero-order chi connectivity index (χ0) is 13.6. The maximum Gasteiger partial charge on any atom is 0.389 e. The monoisotopic (exact) mass is 260 g/mol. The van der Waals surface area contributed by atoms with Gasteiger partial charge in [-0.1, -0.05) is 30.3 Å². The number of alkyl halides is 3. The molecule has 0 fully saturated rings. The molecule has 1 aromatic rings. The van der Waals surface area contributed by atoms with Crippen LogP contribution in [0.15, 0.2) is 30.3 Å². The zero-order valence-electron chi connectivity index (χ0n) is 9.70. The lowest BCUT2D eigenvalue weighted by Crippen LogP contribution is -2.33. The van der Waals surface area contributed by atoms with Crippen molar-refractivity contribution in [1.82, 2.24) is 5.32 Å². The van der Waals surface area contributed by atoms with Gasteiger partial charge in [0.25, 0.3) is 0 Å². The highest BCUT2D eigenvalue weighted by molar-refractivity contribution is 5.76. The van der Waals surface area contributed by atoms with Gasteiger partial charge in [-0.15, -0.1) is 0 Å². The standard InChI is InChI=1S/C12H15F3N2O/c13-12(14,15)7-6-11(18)17-10(8-16)9-4-2-1-3-5-9/h1-5,10H,6-8,16H2,(H,17,18). The Hall–Kier alpha value is -1.56. The van der Waals surface area contributed by atoms with Crippen LogP contribution in [0.2, 0.25) is 0 Å². The van der Waals surface area contributed by atoms with E-state index >= 15 is 0 Å². The van der Waals surface area contributed by atoms with Crippen molar-refractivity contribution in [2.75, 3.05) is 6.54 Å². The number of halogens is 3. The van der Waals surface area contributed by atoms with E-state index in [1.807, 2.05) is 6.07 Å². The molecule has 0 bridgehead atoms. The lowest BCUT2D eigenvalue weighted by Gasteiger charge is -2.17. The van der Waals surface area contributed by atoms with E-state index in [0.29, 0.717) is 0 Å². The Kier molecular flexibility index (Phi) is 5.15. The fourth-order valence-corrected chi connectivity index (χ4v) is 1.49. The molecule has 0 saturated heterocycles. The van der Waals surface area contributed by atoms with Gasteiger partial charge in [0.05, 0.1) is 12.5 Å². The van der Waals surface area contributed by atoms with Crippen molar-refractivity contribution in [2.24, 2.45) is 5.73 Å². The fourth-order valence-electron chi connectivity index (χ4n) is 1.49. The van der Waals surface area contributed by atoms with Gasteiger partial charge in [-0.05, 0) is 5.56 Å². The van der Waals surface area contributed by atoms with E-state index < -0.39 is 31.0 Å². The third-order valence-electron chi connectivity index (χ3n) is 2.41. The second-order valence-electron chi connectivity index (χ2n) is 3.88. The van der Waals surface area contributed by atoms with Crippen molar-refractivity contribution in [3.8, 4) is 0 Å². The van der Waals surface area contributed by atoms with E-state index in [9.17, 15) is 18.0 Å². The predicted molar refractivity (Wildman–Crippen MR) is 61.7 cm³/mol. The van der Waals surface area contributed by atoms with Crippen molar-refractivity contribution >= 4 is 5.91 Å². The van der Waals surface area contributed by atoms with Crippen LogP contribution in [0.4, 0.5) is 13.2 Å². The van der Waals surface area contributed by atoms with Crippen LogP contribution in [-0.2, 0) is 4.79 Å². The van der Waals surface area contributed by atoms with E-state index in [0.717, 1.165) is 5.56 Å². The lowest BCUT2D eigenvalue weighted by atomic mass is 10.1. The first-order valence-electron chi connectivity index (χ1n) is 5.53. The van der Waals surface area contributed by atoms with Gasteiger partial charge in [-0.25, -0.2) is 0 Å². The second kappa shape index (κ2) is 6.39. The normalized spacial score (nSPS) is 13.1. The third-order valence-corrected chi connectivity index (χ3v) is 2.41. The Labute approximate surface area is 103 Å². The SMILES string of the molecule is NCC(NC(=O)CCC(F)(F)F)c1ccccc1. The summed E-state index contributed by atoms with van der Waals surface area (Å²) in [5, 5.41) is 2.49. The van der Waals surface area contributed by atoms with Crippen molar-refractivity contribution in [3.05, 3.63) is 35.9 Å². The molecule has 3 N–H and O–H groups in total. The van der Waals surface area contributed by atoms with Gasteiger partial charge in [-0.3, -0.25) is 4.79 Å². The van der Waals surface area contributed by atoms with Gasteiger partial charge in [0.1, 0.15) is 0 Å². The number of nitrogens with two attached hydrogens (primary N) is 1. The molecule has 18 heavy (non-hydrogen) atoms. The molecule has 1 atom stereocenters. The van der Waals surface area contributed by atoms with Gasteiger partial charge < -0.3 is 11.1 Å². The van der Waals surface area contributed by atoms with Crippen molar-refractivity contribution in [3.63, 3.8) is 0 Å². The summed E-state index contributed by atoms with van der Waals surface area (Å²) < 4.78 is 35.9. The summed E-state index contributed by atoms with van der Waals surface area (Å²) in [6.45, 7) is 0.141. The number of nitrogens with one attached hydrogen (secondary N) is 1. The molecule has 3 nitrogen and oxygen atoms in total. The van der Waals surface area contributed by atoms with Gasteiger partial charge in [0, 0.05) is 13.0 Å². The van der Waals surface area contributed by atoms with Crippen LogP contribution in [0, 0.1) is 0 Å². The maximum atomic E-state index is 12.0. The van der Waals surface area contributed by atoms with E-state index in [1.165, 1.54) is 0 Å². The number of benzene rings is 1. The molecule has 100 valence electrons. The Morgan fingerprint density at radius 2 is 1.89 bits per heavy atom. The fraction of sp³-hybridized carbons (Fsp3) is 0.417. The topological polar surface area (TPSA) is 55.1 Å². The molecule has 0 aliphatic heterocycles. The molecule has 0 aromatic heterocycles. The second-order valence-corrected chi connectivity index (χ2v) is 3.88. The van der Waals surface area contributed by atoms with E-state index in [1.54, 1.807) is 24.3 Å². The number of hydrogen-bond acceptors (Lipinski definition) is 2. The minimum atomic E-state index is -4.32. The summed E-state index contributed by atoms with van der Waals surface area (Å²) in [5.74, 6) is -0.647. The van der Waals surface area contributed by atoms with Gasteiger partial charge in [0.2, 0.25) is 5.91 Å². The quantitative estimate of drug-likeness (QED) is 0.852. The Balaban J connectivity index is 2.51. The van der Waals surface area contributed by atoms with Crippen molar-refractivity contribution in [2.45, 2.75) is 25.1 Å². The largest absolute Gasteiger partial charge is 0.389 e. The maximum absolute atomic E-state index is 12.0. The number of carbonyl (C=O) groups is 1. The Morgan fingerprint density at radius 1 is 1.28 bits per heavy atom. The van der Waals surface area contributed by atoms with Crippen molar-refractivity contribution in [1.29, 1.82) is 0 Å². The summed E-state index contributed by atoms with van der Waals surface area (Å²) in [6.07, 6.45) is -6.01. The van der Waals surface area contributed by atoms with Crippen LogP contribution >= 0.6 is 0 Å². The van der Waals surface area contributed by atoms with E-state index in [-0.39, 0.29) is 6.54 Å².